The maximum atomic E-state index is 11.7. The number of likely N-dealkylation sites (tertiary alicyclic amines) is 1. The third kappa shape index (κ3) is 2.21. The van der Waals surface area contributed by atoms with Crippen LogP contribution >= 0.6 is 0 Å². The fraction of sp³-hybridized carbons (Fsp3) is 0.545. The Morgan fingerprint density at radius 1 is 1.60 bits per heavy atom. The molecule has 0 bridgehead atoms. The molecule has 82 valence electrons. The molecule has 0 saturated carbocycles. The Labute approximate surface area is 89.0 Å². The summed E-state index contributed by atoms with van der Waals surface area (Å²) in [5.41, 5.74) is 5.71. The van der Waals surface area contributed by atoms with Gasteiger partial charge in [-0.25, -0.2) is 0 Å². The molecular formula is C11H16N2O2. The highest BCUT2D eigenvalue weighted by Gasteiger charge is 2.25. The Morgan fingerprint density at radius 2 is 2.40 bits per heavy atom. The zero-order valence-corrected chi connectivity index (χ0v) is 8.90. The molecule has 0 aromatic carbocycles. The Bertz CT molecular complexity index is 359. The van der Waals surface area contributed by atoms with Crippen LogP contribution in [0.2, 0.25) is 0 Å². The van der Waals surface area contributed by atoms with E-state index in [1.54, 1.807) is 4.90 Å². The summed E-state index contributed by atoms with van der Waals surface area (Å²) in [6.45, 7) is 3.22. The van der Waals surface area contributed by atoms with Gasteiger partial charge >= 0.3 is 0 Å². The molecule has 0 aliphatic carbocycles. The number of aryl methyl sites for hydroxylation is 1. The number of hydrogen-bond acceptors (Lipinski definition) is 3. The van der Waals surface area contributed by atoms with Crippen molar-refractivity contribution >= 4 is 5.91 Å². The standard InChI is InChI=1S/C11H16N2O2/c1-8-4-5-9(15-8)7-13-6-2-3-10(12)11(13)14/h4-5,10H,2-3,6-7,12H2,1H3. The van der Waals surface area contributed by atoms with E-state index in [0.717, 1.165) is 30.9 Å². The fourth-order valence-electron chi connectivity index (χ4n) is 1.89. The van der Waals surface area contributed by atoms with E-state index in [0.29, 0.717) is 6.54 Å². The van der Waals surface area contributed by atoms with Gasteiger partial charge in [0.2, 0.25) is 5.91 Å². The molecule has 1 aromatic heterocycles. The van der Waals surface area contributed by atoms with Crippen LogP contribution in [0.25, 0.3) is 0 Å². The van der Waals surface area contributed by atoms with E-state index in [1.165, 1.54) is 0 Å². The molecule has 15 heavy (non-hydrogen) atoms. The van der Waals surface area contributed by atoms with E-state index in [2.05, 4.69) is 0 Å². The lowest BCUT2D eigenvalue weighted by Crippen LogP contribution is -2.47. The van der Waals surface area contributed by atoms with Gasteiger partial charge in [-0.3, -0.25) is 4.79 Å². The lowest BCUT2D eigenvalue weighted by molar-refractivity contribution is -0.135. The summed E-state index contributed by atoms with van der Waals surface area (Å²) in [6.07, 6.45) is 1.78. The molecule has 1 unspecified atom stereocenters. The monoisotopic (exact) mass is 208 g/mol. The van der Waals surface area contributed by atoms with Crippen LogP contribution in [-0.4, -0.2) is 23.4 Å². The van der Waals surface area contributed by atoms with Crippen molar-refractivity contribution in [3.05, 3.63) is 23.7 Å². The Kier molecular flexibility index (Phi) is 2.77. The summed E-state index contributed by atoms with van der Waals surface area (Å²) in [6, 6.07) is 3.49. The van der Waals surface area contributed by atoms with Crippen LogP contribution < -0.4 is 5.73 Å². The van der Waals surface area contributed by atoms with Crippen molar-refractivity contribution in [2.45, 2.75) is 32.4 Å². The third-order valence-corrected chi connectivity index (χ3v) is 2.71. The Balaban J connectivity index is 2.02. The van der Waals surface area contributed by atoms with Crippen LogP contribution in [0.3, 0.4) is 0 Å². The summed E-state index contributed by atoms with van der Waals surface area (Å²) in [5, 5.41) is 0. The Morgan fingerprint density at radius 3 is 3.07 bits per heavy atom. The SMILES string of the molecule is Cc1ccc(CN2CCCC(N)C2=O)o1. The number of piperidine rings is 1. The summed E-state index contributed by atoms with van der Waals surface area (Å²) >= 11 is 0. The predicted octanol–water partition coefficient (Wildman–Crippen LogP) is 1.04. The van der Waals surface area contributed by atoms with Gasteiger partial charge in [-0.05, 0) is 31.9 Å². The van der Waals surface area contributed by atoms with Crippen molar-refractivity contribution in [2.75, 3.05) is 6.54 Å². The highest BCUT2D eigenvalue weighted by molar-refractivity contribution is 5.82. The first-order valence-corrected chi connectivity index (χ1v) is 5.26. The lowest BCUT2D eigenvalue weighted by atomic mass is 10.1. The second kappa shape index (κ2) is 4.06. The van der Waals surface area contributed by atoms with Crippen LogP contribution in [0.15, 0.2) is 16.5 Å². The maximum absolute atomic E-state index is 11.7. The van der Waals surface area contributed by atoms with Crippen LogP contribution in [0.5, 0.6) is 0 Å². The van der Waals surface area contributed by atoms with Gasteiger partial charge < -0.3 is 15.1 Å². The van der Waals surface area contributed by atoms with Crippen LogP contribution in [0.4, 0.5) is 0 Å². The average Bonchev–Trinajstić information content (AvgIpc) is 2.59. The molecule has 4 heteroatoms. The number of carbonyl (C=O) groups excluding carboxylic acids is 1. The minimum atomic E-state index is -0.324. The van der Waals surface area contributed by atoms with Crippen molar-refractivity contribution in [3.8, 4) is 0 Å². The molecule has 1 amide bonds. The van der Waals surface area contributed by atoms with Crippen LogP contribution in [0.1, 0.15) is 24.4 Å². The number of carbonyl (C=O) groups is 1. The maximum Gasteiger partial charge on any atom is 0.239 e. The van der Waals surface area contributed by atoms with Gasteiger partial charge in [-0.2, -0.15) is 0 Å². The zero-order chi connectivity index (χ0) is 10.8. The molecule has 2 N–H and O–H groups in total. The number of nitrogens with zero attached hydrogens (tertiary/aromatic N) is 1. The summed E-state index contributed by atoms with van der Waals surface area (Å²) < 4.78 is 5.44. The number of rotatable bonds is 2. The van der Waals surface area contributed by atoms with E-state index in [4.69, 9.17) is 10.2 Å². The number of amides is 1. The van der Waals surface area contributed by atoms with Gasteiger partial charge in [0.05, 0.1) is 12.6 Å². The van der Waals surface area contributed by atoms with Gasteiger partial charge in [-0.1, -0.05) is 0 Å². The second-order valence-corrected chi connectivity index (χ2v) is 4.02. The van der Waals surface area contributed by atoms with E-state index < -0.39 is 0 Å². The third-order valence-electron chi connectivity index (χ3n) is 2.71. The molecule has 0 radical (unpaired) electrons. The summed E-state index contributed by atoms with van der Waals surface area (Å²) in [7, 11) is 0. The molecular weight excluding hydrogens is 192 g/mol. The predicted molar refractivity (Wildman–Crippen MR) is 56.1 cm³/mol. The van der Waals surface area contributed by atoms with Crippen molar-refractivity contribution in [2.24, 2.45) is 5.73 Å². The second-order valence-electron chi connectivity index (χ2n) is 4.02. The summed E-state index contributed by atoms with van der Waals surface area (Å²) in [4.78, 5) is 13.5. The minimum absolute atomic E-state index is 0.0373. The summed E-state index contributed by atoms with van der Waals surface area (Å²) in [5.74, 6) is 1.74. The van der Waals surface area contributed by atoms with Crippen molar-refractivity contribution in [1.29, 1.82) is 0 Å². The fourth-order valence-corrected chi connectivity index (χ4v) is 1.89. The molecule has 1 saturated heterocycles. The average molecular weight is 208 g/mol. The number of furan rings is 1. The van der Waals surface area contributed by atoms with Gasteiger partial charge in [0, 0.05) is 6.54 Å². The Hall–Kier alpha value is -1.29. The van der Waals surface area contributed by atoms with E-state index >= 15 is 0 Å². The smallest absolute Gasteiger partial charge is 0.239 e. The highest BCUT2D eigenvalue weighted by atomic mass is 16.3. The van der Waals surface area contributed by atoms with E-state index in [9.17, 15) is 4.79 Å². The molecule has 1 aliphatic heterocycles. The van der Waals surface area contributed by atoms with Gasteiger partial charge in [0.1, 0.15) is 11.5 Å². The minimum Gasteiger partial charge on any atom is -0.464 e. The molecule has 4 nitrogen and oxygen atoms in total. The number of nitrogens with two attached hydrogens (primary N) is 1. The largest absolute Gasteiger partial charge is 0.464 e. The first-order valence-electron chi connectivity index (χ1n) is 5.26. The molecule has 1 aromatic rings. The quantitative estimate of drug-likeness (QED) is 0.790. The normalized spacial score (nSPS) is 22.1. The zero-order valence-electron chi connectivity index (χ0n) is 8.90. The van der Waals surface area contributed by atoms with Gasteiger partial charge in [0.25, 0.3) is 0 Å². The first-order chi connectivity index (χ1) is 7.16. The molecule has 0 spiro atoms. The lowest BCUT2D eigenvalue weighted by Gasteiger charge is -2.29. The van der Waals surface area contributed by atoms with Gasteiger partial charge in [-0.15, -0.1) is 0 Å². The van der Waals surface area contributed by atoms with Crippen molar-refractivity contribution < 1.29 is 9.21 Å². The molecule has 2 heterocycles. The van der Waals surface area contributed by atoms with E-state index in [1.807, 2.05) is 19.1 Å². The number of hydrogen-bond donors (Lipinski definition) is 1. The van der Waals surface area contributed by atoms with Crippen LogP contribution in [-0.2, 0) is 11.3 Å². The molecule has 1 fully saturated rings. The molecule has 1 atom stereocenters. The first kappa shape index (κ1) is 10.2. The van der Waals surface area contributed by atoms with Crippen molar-refractivity contribution in [3.63, 3.8) is 0 Å². The molecule has 1 aliphatic rings. The van der Waals surface area contributed by atoms with Gasteiger partial charge in [0.15, 0.2) is 0 Å². The van der Waals surface area contributed by atoms with Crippen molar-refractivity contribution in [1.82, 2.24) is 4.90 Å². The topological polar surface area (TPSA) is 59.5 Å². The van der Waals surface area contributed by atoms with Crippen LogP contribution in [0, 0.1) is 6.92 Å². The molecule has 2 rings (SSSR count). The van der Waals surface area contributed by atoms with E-state index in [-0.39, 0.29) is 11.9 Å². The highest BCUT2D eigenvalue weighted by Crippen LogP contribution is 2.15.